The third-order valence-corrected chi connectivity index (χ3v) is 6.73. The Labute approximate surface area is 139 Å². The molecule has 0 unspecified atom stereocenters. The first kappa shape index (κ1) is 15.1. The number of hydrogen-bond donors (Lipinski definition) is 0. The van der Waals surface area contributed by atoms with E-state index < -0.39 is 9.84 Å². The van der Waals surface area contributed by atoms with Crippen LogP contribution in [0, 0.1) is 0 Å². The molecule has 8 heteroatoms. The molecule has 0 amide bonds. The molecule has 0 bridgehead atoms. The van der Waals surface area contributed by atoms with Gasteiger partial charge in [-0.3, -0.25) is 4.99 Å². The van der Waals surface area contributed by atoms with Crippen LogP contribution >= 0.6 is 11.8 Å². The van der Waals surface area contributed by atoms with Gasteiger partial charge in [0.1, 0.15) is 13.2 Å². The maximum atomic E-state index is 12.0. The Morgan fingerprint density at radius 1 is 1.26 bits per heavy atom. The van der Waals surface area contributed by atoms with Crippen LogP contribution in [0.2, 0.25) is 0 Å². The number of ether oxygens (including phenoxy) is 2. The lowest BCUT2D eigenvalue weighted by Crippen LogP contribution is -2.39. The summed E-state index contributed by atoms with van der Waals surface area (Å²) >= 11 is 1.65. The fourth-order valence-electron chi connectivity index (χ4n) is 3.25. The quantitative estimate of drug-likeness (QED) is 0.803. The highest BCUT2D eigenvalue weighted by atomic mass is 32.2. The molecule has 1 aromatic carbocycles. The van der Waals surface area contributed by atoms with Gasteiger partial charge < -0.3 is 14.4 Å². The molecule has 1 aromatic rings. The van der Waals surface area contributed by atoms with E-state index in [4.69, 9.17) is 9.47 Å². The van der Waals surface area contributed by atoms with Gasteiger partial charge >= 0.3 is 0 Å². The number of sulfone groups is 1. The van der Waals surface area contributed by atoms with E-state index >= 15 is 0 Å². The molecule has 1 fully saturated rings. The molecule has 3 aliphatic heterocycles. The number of fused-ring (bicyclic) bond motifs is 2. The summed E-state index contributed by atoms with van der Waals surface area (Å²) in [6, 6.07) is 5.48. The van der Waals surface area contributed by atoms with Gasteiger partial charge in [0.25, 0.3) is 0 Å². The first-order chi connectivity index (χ1) is 11.1. The molecule has 0 N–H and O–H groups in total. The highest BCUT2D eigenvalue weighted by Crippen LogP contribution is 2.39. The van der Waals surface area contributed by atoms with Gasteiger partial charge in [-0.2, -0.15) is 0 Å². The number of benzene rings is 1. The lowest BCUT2D eigenvalue weighted by Gasteiger charge is -2.28. The topological polar surface area (TPSA) is 68.2 Å². The van der Waals surface area contributed by atoms with Gasteiger partial charge in [0.05, 0.1) is 23.6 Å². The molecule has 3 heterocycles. The van der Waals surface area contributed by atoms with Crippen molar-refractivity contribution in [1.82, 2.24) is 0 Å². The summed E-state index contributed by atoms with van der Waals surface area (Å²) in [5.74, 6) is 2.64. The molecule has 4 rings (SSSR count). The average molecular weight is 354 g/mol. The Morgan fingerprint density at radius 3 is 2.83 bits per heavy atom. The predicted molar refractivity (Wildman–Crippen MR) is 91.7 cm³/mol. The molecule has 3 aliphatic rings. The predicted octanol–water partition coefficient (Wildman–Crippen LogP) is 1.55. The molecular formula is C15H18N2O4S2. The van der Waals surface area contributed by atoms with Crippen LogP contribution in [0.4, 0.5) is 5.69 Å². The van der Waals surface area contributed by atoms with E-state index in [1.807, 2.05) is 18.2 Å². The number of nitrogens with zero attached hydrogens (tertiary/aromatic N) is 2. The zero-order valence-corrected chi connectivity index (χ0v) is 14.4. The summed E-state index contributed by atoms with van der Waals surface area (Å²) in [6.45, 7) is 3.15. The fourth-order valence-corrected chi connectivity index (χ4v) is 5.94. The normalized spacial score (nSPS) is 27.7. The number of rotatable bonds is 2. The molecule has 2 atom stereocenters. The molecular weight excluding hydrogens is 336 g/mol. The van der Waals surface area contributed by atoms with E-state index in [1.165, 1.54) is 0 Å². The van der Waals surface area contributed by atoms with Crippen LogP contribution in [0.15, 0.2) is 23.2 Å². The van der Waals surface area contributed by atoms with Gasteiger partial charge in [-0.25, -0.2) is 8.42 Å². The van der Waals surface area contributed by atoms with E-state index in [2.05, 4.69) is 16.8 Å². The third kappa shape index (κ3) is 2.67. The number of aliphatic imine (C=N–C) groups is 1. The van der Waals surface area contributed by atoms with Crippen LogP contribution in [0.5, 0.6) is 11.5 Å². The second kappa shape index (κ2) is 5.59. The van der Waals surface area contributed by atoms with E-state index in [1.54, 1.807) is 11.8 Å². The summed E-state index contributed by atoms with van der Waals surface area (Å²) in [5.41, 5.74) is 0.915. The Bertz CT molecular complexity index is 763. The van der Waals surface area contributed by atoms with Crippen molar-refractivity contribution in [2.75, 3.05) is 35.4 Å². The van der Waals surface area contributed by atoms with Gasteiger partial charge in [0.2, 0.25) is 0 Å². The smallest absolute Gasteiger partial charge is 0.164 e. The number of amidine groups is 1. The highest BCUT2D eigenvalue weighted by molar-refractivity contribution is 8.14. The van der Waals surface area contributed by atoms with E-state index in [-0.39, 0.29) is 23.6 Å². The van der Waals surface area contributed by atoms with Crippen LogP contribution < -0.4 is 14.4 Å². The van der Waals surface area contributed by atoms with Crippen molar-refractivity contribution in [2.24, 2.45) is 4.99 Å². The minimum Gasteiger partial charge on any atom is -0.486 e. The van der Waals surface area contributed by atoms with E-state index in [0.717, 1.165) is 22.4 Å². The Hall–Kier alpha value is -1.41. The van der Waals surface area contributed by atoms with Gasteiger partial charge in [-0.15, -0.1) is 0 Å². The second-order valence-corrected chi connectivity index (χ2v) is 9.14. The second-order valence-electron chi connectivity index (χ2n) is 5.75. The number of anilines is 1. The van der Waals surface area contributed by atoms with Crippen molar-refractivity contribution < 1.29 is 17.9 Å². The van der Waals surface area contributed by atoms with Crippen LogP contribution in [0.1, 0.15) is 6.92 Å². The van der Waals surface area contributed by atoms with Gasteiger partial charge in [-0.05, 0) is 17.9 Å². The molecule has 124 valence electrons. The monoisotopic (exact) mass is 354 g/mol. The van der Waals surface area contributed by atoms with Crippen LogP contribution in [0.3, 0.4) is 0 Å². The minimum absolute atomic E-state index is 0.114. The van der Waals surface area contributed by atoms with E-state index in [9.17, 15) is 8.42 Å². The number of thioether (sulfide) groups is 1. The first-order valence-electron chi connectivity index (χ1n) is 7.67. The minimum atomic E-state index is -3.02. The lowest BCUT2D eigenvalue weighted by atomic mass is 10.1. The Balaban J connectivity index is 1.72. The van der Waals surface area contributed by atoms with Crippen molar-refractivity contribution in [2.45, 2.75) is 19.0 Å². The Kier molecular flexibility index (Phi) is 3.68. The maximum absolute atomic E-state index is 12.0. The van der Waals surface area contributed by atoms with Crippen molar-refractivity contribution >= 4 is 32.5 Å². The highest BCUT2D eigenvalue weighted by Gasteiger charge is 2.47. The summed E-state index contributed by atoms with van der Waals surface area (Å²) in [5, 5.41) is 0.897. The zero-order chi connectivity index (χ0) is 16.0. The largest absolute Gasteiger partial charge is 0.486 e. The summed E-state index contributed by atoms with van der Waals surface area (Å²) in [7, 11) is -3.02. The third-order valence-electron chi connectivity index (χ3n) is 4.18. The lowest BCUT2D eigenvalue weighted by molar-refractivity contribution is 0.171. The summed E-state index contributed by atoms with van der Waals surface area (Å²) in [6.07, 6.45) is 0. The summed E-state index contributed by atoms with van der Waals surface area (Å²) < 4.78 is 35.2. The van der Waals surface area contributed by atoms with Crippen LogP contribution in [0.25, 0.3) is 0 Å². The van der Waals surface area contributed by atoms with Gasteiger partial charge in [0, 0.05) is 11.8 Å². The molecule has 6 nitrogen and oxygen atoms in total. The summed E-state index contributed by atoms with van der Waals surface area (Å²) in [4.78, 5) is 6.72. The standard InChI is InChI=1S/C15H18N2O4S2/c1-2-22-15-16-11-8-23(18,19)9-12(11)17(15)10-3-4-13-14(7-10)21-6-5-20-13/h3-4,7,11-12H,2,5-6,8-9H2,1H3/t11-,12-/m1/s1. The van der Waals surface area contributed by atoms with Crippen LogP contribution in [-0.2, 0) is 9.84 Å². The molecule has 0 aromatic heterocycles. The maximum Gasteiger partial charge on any atom is 0.164 e. The van der Waals surface area contributed by atoms with Crippen molar-refractivity contribution in [3.63, 3.8) is 0 Å². The van der Waals surface area contributed by atoms with E-state index in [0.29, 0.717) is 19.0 Å². The Morgan fingerprint density at radius 2 is 2.04 bits per heavy atom. The fraction of sp³-hybridized carbons (Fsp3) is 0.533. The van der Waals surface area contributed by atoms with Crippen molar-refractivity contribution in [3.8, 4) is 11.5 Å². The van der Waals surface area contributed by atoms with Crippen LogP contribution in [-0.4, -0.2) is 56.1 Å². The first-order valence-corrected chi connectivity index (χ1v) is 10.5. The van der Waals surface area contributed by atoms with Crippen molar-refractivity contribution in [3.05, 3.63) is 18.2 Å². The molecule has 0 saturated carbocycles. The molecule has 0 radical (unpaired) electrons. The number of hydrogen-bond acceptors (Lipinski definition) is 7. The molecule has 0 spiro atoms. The SMILES string of the molecule is CCSC1=N[C@@H]2CS(=O)(=O)C[C@H]2N1c1ccc2c(c1)OCCO2. The molecule has 0 aliphatic carbocycles. The average Bonchev–Trinajstić information content (AvgIpc) is 2.98. The molecule has 1 saturated heterocycles. The molecule has 23 heavy (non-hydrogen) atoms. The van der Waals surface area contributed by atoms with Crippen molar-refractivity contribution in [1.29, 1.82) is 0 Å². The van der Waals surface area contributed by atoms with Gasteiger partial charge in [0.15, 0.2) is 26.5 Å². The zero-order valence-electron chi connectivity index (χ0n) is 12.8. The van der Waals surface area contributed by atoms with Gasteiger partial charge in [-0.1, -0.05) is 18.7 Å².